The normalized spacial score (nSPS) is 36.9. The molecule has 1 fully saturated rings. The van der Waals surface area contributed by atoms with E-state index < -0.39 is 23.5 Å². The second-order valence-corrected chi connectivity index (χ2v) is 5.54. The molecule has 9 heteroatoms. The van der Waals surface area contributed by atoms with Crippen LogP contribution in [0.2, 0.25) is 0 Å². The lowest BCUT2D eigenvalue weighted by Gasteiger charge is -2.49. The molecule has 0 bridgehead atoms. The Labute approximate surface area is 121 Å². The molecule has 3 aliphatic rings. The Morgan fingerprint density at radius 2 is 2.10 bits per heavy atom. The molecule has 3 heterocycles. The minimum absolute atomic E-state index is 0.0660. The van der Waals surface area contributed by atoms with Gasteiger partial charge >= 0.3 is 0 Å². The van der Waals surface area contributed by atoms with E-state index in [0.717, 1.165) is 0 Å². The Kier molecular flexibility index (Phi) is 2.91. The quantitative estimate of drug-likeness (QED) is 0.275. The third kappa shape index (κ3) is 1.56. The van der Waals surface area contributed by atoms with Crippen LogP contribution >= 0.6 is 0 Å². The van der Waals surface area contributed by atoms with Crippen molar-refractivity contribution in [1.29, 1.82) is 0 Å². The fourth-order valence-electron chi connectivity index (χ4n) is 3.61. The minimum Gasteiger partial charge on any atom is -0.394 e. The van der Waals surface area contributed by atoms with Crippen LogP contribution in [0.4, 0.5) is 0 Å². The van der Waals surface area contributed by atoms with Gasteiger partial charge in [-0.2, -0.15) is 0 Å². The van der Waals surface area contributed by atoms with Gasteiger partial charge in [-0.05, 0) is 0 Å². The van der Waals surface area contributed by atoms with Crippen LogP contribution < -0.4 is 11.5 Å². The highest BCUT2D eigenvalue weighted by molar-refractivity contribution is 5.87. The highest BCUT2D eigenvalue weighted by Crippen LogP contribution is 2.48. The summed E-state index contributed by atoms with van der Waals surface area (Å²) in [6.45, 7) is 4.03. The molecule has 9 nitrogen and oxygen atoms in total. The van der Waals surface area contributed by atoms with Crippen molar-refractivity contribution in [2.45, 2.75) is 30.0 Å². The van der Waals surface area contributed by atoms with Crippen LogP contribution in [0.25, 0.3) is 0 Å². The molecule has 21 heavy (non-hydrogen) atoms. The molecule has 3 atom stereocenters. The summed E-state index contributed by atoms with van der Waals surface area (Å²) in [5.74, 6) is -1.82. The zero-order valence-electron chi connectivity index (χ0n) is 11.6. The molecule has 3 aliphatic heterocycles. The number of hydrogen-bond acceptors (Lipinski definition) is 9. The number of aliphatic hydroxyl groups excluding tert-OH is 1. The van der Waals surface area contributed by atoms with Crippen LogP contribution in [0.5, 0.6) is 0 Å². The molecule has 1 spiro atoms. The molecule has 1 saturated heterocycles. The Morgan fingerprint density at radius 1 is 1.38 bits per heavy atom. The van der Waals surface area contributed by atoms with E-state index in [-0.39, 0.29) is 24.9 Å². The first-order valence-electron chi connectivity index (χ1n) is 6.78. The lowest BCUT2D eigenvalue weighted by molar-refractivity contribution is -0.221. The first-order chi connectivity index (χ1) is 9.89. The van der Waals surface area contributed by atoms with Gasteiger partial charge in [0.05, 0.1) is 6.61 Å². The fraction of sp³-hybridized carbons (Fsp3) is 0.667. The minimum atomic E-state index is -2.10. The average Bonchev–Trinajstić information content (AvgIpc) is 2.86. The van der Waals surface area contributed by atoms with Gasteiger partial charge in [0.1, 0.15) is 12.1 Å². The van der Waals surface area contributed by atoms with Crippen LogP contribution in [0.3, 0.4) is 0 Å². The van der Waals surface area contributed by atoms with Crippen molar-refractivity contribution in [3.8, 4) is 0 Å². The first kappa shape index (κ1) is 14.1. The van der Waals surface area contributed by atoms with Gasteiger partial charge in [-0.1, -0.05) is 6.08 Å². The average molecular weight is 296 g/mol. The predicted molar refractivity (Wildman–Crippen MR) is 76.0 cm³/mol. The van der Waals surface area contributed by atoms with Gasteiger partial charge < -0.3 is 36.6 Å². The van der Waals surface area contributed by atoms with E-state index in [9.17, 15) is 15.3 Å². The number of nitrogens with zero attached hydrogens (tertiary/aromatic N) is 4. The monoisotopic (exact) mass is 296 g/mol. The van der Waals surface area contributed by atoms with Crippen LogP contribution in [-0.4, -0.2) is 80.3 Å². The van der Waals surface area contributed by atoms with Crippen LogP contribution in [-0.2, 0) is 0 Å². The number of nitrogens with two attached hydrogens (primary N) is 2. The first-order valence-corrected chi connectivity index (χ1v) is 6.78. The van der Waals surface area contributed by atoms with E-state index in [1.165, 1.54) is 0 Å². The topological polar surface area (TPSA) is 144 Å². The number of rotatable bonds is 3. The molecule has 0 radical (unpaired) electrons. The summed E-state index contributed by atoms with van der Waals surface area (Å²) in [4.78, 5) is 11.8. The van der Waals surface area contributed by atoms with Crippen molar-refractivity contribution in [2.75, 3.05) is 19.7 Å². The molecule has 0 aromatic carbocycles. The standard InChI is InChI=1S/C12H20N6O3/c1-2-4-17-8-7(6-19)15-9(13)18-5-3-11(20,21)12(8,18)16-10(17)14/h2,7-8,19-21H,1,3-6H2,(H2,13,15)(H2,14,16)/t7-,8-,12-/m0/s1. The molecule has 0 saturated carbocycles. The number of aliphatic imine (C=N–C) groups is 2. The van der Waals surface area contributed by atoms with Crippen LogP contribution in [0.15, 0.2) is 22.6 Å². The summed E-state index contributed by atoms with van der Waals surface area (Å²) in [6, 6.07) is -1.27. The Balaban J connectivity index is 2.18. The summed E-state index contributed by atoms with van der Waals surface area (Å²) < 4.78 is 0. The highest BCUT2D eigenvalue weighted by atomic mass is 16.5. The Hall–Kier alpha value is -1.84. The van der Waals surface area contributed by atoms with E-state index >= 15 is 0 Å². The van der Waals surface area contributed by atoms with Crippen LogP contribution in [0, 0.1) is 0 Å². The maximum Gasteiger partial charge on any atom is 0.214 e. The SMILES string of the molecule is C=CCN1C(N)=N[C@@]23[C@@H]1[C@H](CO)N=C(N)N2CCC3(O)O. The van der Waals surface area contributed by atoms with Gasteiger partial charge in [-0.25, -0.2) is 9.98 Å². The third-order valence-corrected chi connectivity index (χ3v) is 4.46. The highest BCUT2D eigenvalue weighted by Gasteiger charge is 2.71. The number of aliphatic hydroxyl groups is 3. The maximum absolute atomic E-state index is 10.5. The summed E-state index contributed by atoms with van der Waals surface area (Å²) >= 11 is 0. The molecule has 3 rings (SSSR count). The lowest BCUT2D eigenvalue weighted by Crippen LogP contribution is -2.72. The lowest BCUT2D eigenvalue weighted by atomic mass is 9.86. The van der Waals surface area contributed by atoms with Crippen molar-refractivity contribution < 1.29 is 15.3 Å². The van der Waals surface area contributed by atoms with E-state index in [1.54, 1.807) is 15.9 Å². The molecule has 0 aromatic rings. The molecule has 0 aromatic heterocycles. The molecule has 116 valence electrons. The van der Waals surface area contributed by atoms with Gasteiger partial charge in [0.25, 0.3) is 0 Å². The summed E-state index contributed by atoms with van der Waals surface area (Å²) in [5, 5.41) is 30.6. The van der Waals surface area contributed by atoms with Crippen molar-refractivity contribution in [1.82, 2.24) is 9.80 Å². The third-order valence-electron chi connectivity index (χ3n) is 4.46. The zero-order valence-corrected chi connectivity index (χ0v) is 11.6. The smallest absolute Gasteiger partial charge is 0.214 e. The molecule has 0 amide bonds. The molecule has 7 N–H and O–H groups in total. The molecule has 0 unspecified atom stereocenters. The zero-order chi connectivity index (χ0) is 15.4. The van der Waals surface area contributed by atoms with Crippen molar-refractivity contribution in [2.24, 2.45) is 21.5 Å². The molecular formula is C12H20N6O3. The summed E-state index contributed by atoms with van der Waals surface area (Å²) in [6.07, 6.45) is 1.70. The number of hydrogen-bond donors (Lipinski definition) is 5. The largest absolute Gasteiger partial charge is 0.394 e. The van der Waals surface area contributed by atoms with Gasteiger partial charge in [0.15, 0.2) is 11.9 Å². The molecular weight excluding hydrogens is 276 g/mol. The predicted octanol–water partition coefficient (Wildman–Crippen LogP) is -3.06. The second kappa shape index (κ2) is 4.33. The fourth-order valence-corrected chi connectivity index (χ4v) is 3.61. The van der Waals surface area contributed by atoms with Crippen molar-refractivity contribution >= 4 is 11.9 Å². The van der Waals surface area contributed by atoms with Gasteiger partial charge in [0.2, 0.25) is 11.4 Å². The summed E-state index contributed by atoms with van der Waals surface area (Å²) in [7, 11) is 0. The van der Waals surface area contributed by atoms with E-state index in [0.29, 0.717) is 13.1 Å². The van der Waals surface area contributed by atoms with Gasteiger partial charge in [0, 0.05) is 19.5 Å². The van der Waals surface area contributed by atoms with Crippen molar-refractivity contribution in [3.05, 3.63) is 12.7 Å². The van der Waals surface area contributed by atoms with E-state index in [1.807, 2.05) is 0 Å². The number of guanidine groups is 2. The maximum atomic E-state index is 10.5. The summed E-state index contributed by atoms with van der Waals surface area (Å²) in [5.41, 5.74) is 10.4. The van der Waals surface area contributed by atoms with Crippen molar-refractivity contribution in [3.63, 3.8) is 0 Å². The van der Waals surface area contributed by atoms with Gasteiger partial charge in [-0.3, -0.25) is 0 Å². The van der Waals surface area contributed by atoms with Gasteiger partial charge in [-0.15, -0.1) is 6.58 Å². The second-order valence-electron chi connectivity index (χ2n) is 5.54. The Morgan fingerprint density at radius 3 is 2.71 bits per heavy atom. The Bertz CT molecular complexity index is 533. The molecule has 0 aliphatic carbocycles. The van der Waals surface area contributed by atoms with E-state index in [2.05, 4.69) is 16.6 Å². The van der Waals surface area contributed by atoms with Crippen LogP contribution in [0.1, 0.15) is 6.42 Å². The van der Waals surface area contributed by atoms with E-state index in [4.69, 9.17) is 11.5 Å².